The second kappa shape index (κ2) is 9.98. The van der Waals surface area contributed by atoms with Gasteiger partial charge in [0, 0.05) is 11.8 Å². The topological polar surface area (TPSA) is 92.8 Å². The minimum absolute atomic E-state index is 0.0898. The van der Waals surface area contributed by atoms with Crippen LogP contribution in [0.4, 0.5) is 5.82 Å². The van der Waals surface area contributed by atoms with Crippen molar-refractivity contribution < 1.29 is 9.53 Å². The first-order valence-electron chi connectivity index (χ1n) is 11.6. The van der Waals surface area contributed by atoms with Crippen LogP contribution in [0.1, 0.15) is 50.3 Å². The molecule has 2 heterocycles. The summed E-state index contributed by atoms with van der Waals surface area (Å²) < 4.78 is 7.29. The van der Waals surface area contributed by atoms with Crippen molar-refractivity contribution in [1.82, 2.24) is 14.8 Å². The molecule has 0 fully saturated rings. The van der Waals surface area contributed by atoms with Crippen molar-refractivity contribution in [3.63, 3.8) is 0 Å². The first-order chi connectivity index (χ1) is 16.8. The number of rotatable bonds is 7. The van der Waals surface area contributed by atoms with E-state index < -0.39 is 0 Å². The lowest BCUT2D eigenvalue weighted by atomic mass is 9.87. The number of hydrogen-bond donors (Lipinski definition) is 1. The molecule has 0 saturated carbocycles. The number of carbonyl (C=O) groups excluding carboxylic acids is 1. The van der Waals surface area contributed by atoms with E-state index in [2.05, 4.69) is 54.4 Å². The Kier molecular flexibility index (Phi) is 6.83. The molecule has 0 spiro atoms. The Labute approximate surface area is 205 Å². The van der Waals surface area contributed by atoms with Gasteiger partial charge in [0.1, 0.15) is 17.4 Å². The number of aromatic nitrogens is 3. The van der Waals surface area contributed by atoms with Crippen molar-refractivity contribution >= 4 is 22.6 Å². The number of carbonyl (C=O) groups is 1. The third kappa shape index (κ3) is 5.49. The zero-order valence-electron chi connectivity index (χ0n) is 20.5. The molecule has 7 heteroatoms. The van der Waals surface area contributed by atoms with Crippen molar-refractivity contribution in [3.05, 3.63) is 77.5 Å². The SMILES string of the molecule is Cc1cc(-n2ncc(C#N)c2NC(=O)CCCOc2ccc(C(C)(C)C)cc2)nc2ccccc12. The molecule has 178 valence electrons. The number of ether oxygens (including phenoxy) is 1. The number of nitriles is 1. The molecule has 4 rings (SSSR count). The third-order valence-electron chi connectivity index (χ3n) is 5.81. The molecule has 4 aromatic rings. The zero-order chi connectivity index (χ0) is 25.0. The van der Waals surface area contributed by atoms with Crippen LogP contribution >= 0.6 is 0 Å². The number of aryl methyl sites for hydroxylation is 1. The van der Waals surface area contributed by atoms with Gasteiger partial charge in [-0.25, -0.2) is 4.98 Å². The molecule has 35 heavy (non-hydrogen) atoms. The quantitative estimate of drug-likeness (QED) is 0.352. The van der Waals surface area contributed by atoms with Crippen LogP contribution in [-0.4, -0.2) is 27.3 Å². The highest BCUT2D eigenvalue weighted by molar-refractivity contribution is 5.91. The van der Waals surface area contributed by atoms with Crippen molar-refractivity contribution in [2.45, 2.75) is 46.0 Å². The van der Waals surface area contributed by atoms with Gasteiger partial charge >= 0.3 is 0 Å². The standard InChI is InChI=1S/C28H29N5O2/c1-19-16-25(31-24-9-6-5-8-23(19)24)33-27(20(17-29)18-30-33)32-26(34)10-7-15-35-22-13-11-21(12-14-22)28(2,3)4/h5-6,8-9,11-14,16,18H,7,10,15H2,1-4H3,(H,32,34). The van der Waals surface area contributed by atoms with Crippen LogP contribution in [0.2, 0.25) is 0 Å². The predicted octanol–water partition coefficient (Wildman–Crippen LogP) is 5.70. The van der Waals surface area contributed by atoms with Gasteiger partial charge in [0.25, 0.3) is 0 Å². The molecule has 0 aliphatic carbocycles. The Hall–Kier alpha value is -4.18. The van der Waals surface area contributed by atoms with E-state index in [1.165, 1.54) is 16.4 Å². The molecule has 7 nitrogen and oxygen atoms in total. The molecule has 2 aromatic carbocycles. The van der Waals surface area contributed by atoms with Crippen LogP contribution in [0, 0.1) is 18.3 Å². The number of fused-ring (bicyclic) bond motifs is 1. The molecule has 0 saturated heterocycles. The first-order valence-corrected chi connectivity index (χ1v) is 11.6. The maximum atomic E-state index is 12.7. The van der Waals surface area contributed by atoms with Crippen molar-refractivity contribution in [2.75, 3.05) is 11.9 Å². The number of pyridine rings is 1. The van der Waals surface area contributed by atoms with E-state index >= 15 is 0 Å². The molecule has 1 N–H and O–H groups in total. The minimum atomic E-state index is -0.215. The second-order valence-electron chi connectivity index (χ2n) is 9.52. The van der Waals surface area contributed by atoms with Crippen molar-refractivity contribution in [3.8, 4) is 17.6 Å². The lowest BCUT2D eigenvalue weighted by Gasteiger charge is -2.19. The maximum Gasteiger partial charge on any atom is 0.225 e. The maximum absolute atomic E-state index is 12.7. The summed E-state index contributed by atoms with van der Waals surface area (Å²) in [6.07, 6.45) is 2.22. The summed E-state index contributed by atoms with van der Waals surface area (Å²) in [5, 5.41) is 17.7. The molecular weight excluding hydrogens is 438 g/mol. The molecule has 0 bridgehead atoms. The molecule has 0 aliphatic rings. The summed E-state index contributed by atoms with van der Waals surface area (Å²) in [7, 11) is 0. The van der Waals surface area contributed by atoms with Crippen LogP contribution < -0.4 is 10.1 Å². The van der Waals surface area contributed by atoms with Gasteiger partial charge in [-0.2, -0.15) is 15.0 Å². The van der Waals surface area contributed by atoms with Gasteiger partial charge in [0.2, 0.25) is 5.91 Å². The number of anilines is 1. The Morgan fingerprint density at radius 2 is 1.89 bits per heavy atom. The average molecular weight is 468 g/mol. The van der Waals surface area contributed by atoms with Gasteiger partial charge < -0.3 is 10.1 Å². The molecule has 1 amide bonds. The number of nitrogens with one attached hydrogen (secondary N) is 1. The Morgan fingerprint density at radius 1 is 1.14 bits per heavy atom. The third-order valence-corrected chi connectivity index (χ3v) is 5.81. The normalized spacial score (nSPS) is 11.3. The Balaban J connectivity index is 1.40. The predicted molar refractivity (Wildman–Crippen MR) is 137 cm³/mol. The lowest BCUT2D eigenvalue weighted by Crippen LogP contribution is -2.17. The fourth-order valence-corrected chi connectivity index (χ4v) is 3.83. The molecule has 0 aliphatic heterocycles. The lowest BCUT2D eigenvalue weighted by molar-refractivity contribution is -0.116. The number of hydrogen-bond acceptors (Lipinski definition) is 5. The van der Waals surface area contributed by atoms with Crippen molar-refractivity contribution in [1.29, 1.82) is 5.26 Å². The van der Waals surface area contributed by atoms with Gasteiger partial charge in [-0.15, -0.1) is 0 Å². The van der Waals surface area contributed by atoms with Gasteiger partial charge in [-0.05, 0) is 54.2 Å². The van der Waals surface area contributed by atoms with E-state index in [9.17, 15) is 10.1 Å². The molecular formula is C28H29N5O2. The van der Waals surface area contributed by atoms with E-state index in [1.54, 1.807) is 0 Å². The Morgan fingerprint density at radius 3 is 2.60 bits per heavy atom. The highest BCUT2D eigenvalue weighted by Crippen LogP contribution is 2.25. The molecule has 0 unspecified atom stereocenters. The van der Waals surface area contributed by atoms with Crippen LogP contribution in [-0.2, 0) is 10.2 Å². The zero-order valence-corrected chi connectivity index (χ0v) is 20.5. The summed E-state index contributed by atoms with van der Waals surface area (Å²) >= 11 is 0. The monoisotopic (exact) mass is 467 g/mol. The number of benzene rings is 2. The fraction of sp³-hybridized carbons (Fsp3) is 0.286. The van der Waals surface area contributed by atoms with E-state index in [-0.39, 0.29) is 23.3 Å². The van der Waals surface area contributed by atoms with E-state index in [0.29, 0.717) is 24.7 Å². The van der Waals surface area contributed by atoms with Crippen LogP contribution in [0.3, 0.4) is 0 Å². The summed E-state index contributed by atoms with van der Waals surface area (Å²) in [5.41, 5.74) is 3.46. The summed E-state index contributed by atoms with van der Waals surface area (Å²) in [6.45, 7) is 8.92. The summed E-state index contributed by atoms with van der Waals surface area (Å²) in [5.74, 6) is 1.42. The average Bonchev–Trinajstić information content (AvgIpc) is 3.24. The highest BCUT2D eigenvalue weighted by atomic mass is 16.5. The number of nitrogens with zero attached hydrogens (tertiary/aromatic N) is 4. The molecule has 2 aromatic heterocycles. The summed E-state index contributed by atoms with van der Waals surface area (Å²) in [6, 6.07) is 19.9. The van der Waals surface area contributed by atoms with E-state index in [1.807, 2.05) is 49.4 Å². The first kappa shape index (κ1) is 24.0. The van der Waals surface area contributed by atoms with Gasteiger partial charge in [0.05, 0.1) is 18.3 Å². The van der Waals surface area contributed by atoms with Crippen molar-refractivity contribution in [2.24, 2.45) is 0 Å². The van der Waals surface area contributed by atoms with Crippen LogP contribution in [0.5, 0.6) is 5.75 Å². The summed E-state index contributed by atoms with van der Waals surface area (Å²) in [4.78, 5) is 17.3. The molecule has 0 radical (unpaired) electrons. The van der Waals surface area contributed by atoms with Crippen LogP contribution in [0.25, 0.3) is 16.7 Å². The van der Waals surface area contributed by atoms with Gasteiger partial charge in [0.15, 0.2) is 11.6 Å². The number of para-hydroxylation sites is 1. The number of amides is 1. The minimum Gasteiger partial charge on any atom is -0.494 e. The largest absolute Gasteiger partial charge is 0.494 e. The molecule has 0 atom stereocenters. The van der Waals surface area contributed by atoms with Gasteiger partial charge in [-0.3, -0.25) is 4.79 Å². The van der Waals surface area contributed by atoms with Crippen LogP contribution in [0.15, 0.2) is 60.8 Å². The second-order valence-corrected chi connectivity index (χ2v) is 9.52. The fourth-order valence-electron chi connectivity index (χ4n) is 3.83. The Bertz CT molecular complexity index is 1390. The van der Waals surface area contributed by atoms with Gasteiger partial charge in [-0.1, -0.05) is 51.1 Å². The van der Waals surface area contributed by atoms with E-state index in [0.717, 1.165) is 22.2 Å². The smallest absolute Gasteiger partial charge is 0.225 e. The highest BCUT2D eigenvalue weighted by Gasteiger charge is 2.17. The van der Waals surface area contributed by atoms with E-state index in [4.69, 9.17) is 4.74 Å².